The molecule has 0 spiro atoms. The van der Waals surface area contributed by atoms with Gasteiger partial charge in [0.05, 0.1) is 5.69 Å². The lowest BCUT2D eigenvalue weighted by molar-refractivity contribution is 0.219. The molecule has 1 aromatic rings. The maximum Gasteiger partial charge on any atom is 0.317 e. The molecule has 1 heterocycles. The van der Waals surface area contributed by atoms with Gasteiger partial charge in [0.25, 0.3) is 0 Å². The third kappa shape index (κ3) is 2.67. The summed E-state index contributed by atoms with van der Waals surface area (Å²) in [6.45, 7) is 4.40. The number of carbonyl (C=O) groups is 1. The van der Waals surface area contributed by atoms with Gasteiger partial charge in [-0.2, -0.15) is 0 Å². The fourth-order valence-electron chi connectivity index (χ4n) is 1.90. The summed E-state index contributed by atoms with van der Waals surface area (Å²) in [6, 6.07) is 4.92. The molecule has 1 aliphatic rings. The summed E-state index contributed by atoms with van der Waals surface area (Å²) in [4.78, 5) is 13.0. The molecule has 0 bridgehead atoms. The Morgan fingerprint density at radius 3 is 3.00 bits per heavy atom. The Morgan fingerprint density at radius 2 is 2.35 bits per heavy atom. The second kappa shape index (κ2) is 5.03. The minimum atomic E-state index is -0.254. The number of aryl methyl sites for hydroxylation is 1. The molecule has 1 fully saturated rings. The molecule has 0 aromatic heterocycles. The Bertz CT molecular complexity index is 402. The lowest BCUT2D eigenvalue weighted by Gasteiger charge is -2.16. The first-order valence-electron chi connectivity index (χ1n) is 5.70. The number of anilines is 1. The number of para-hydroxylation sites is 1. The minimum absolute atomic E-state index is 0.0444. The SMILES string of the molecule is Cc1cccc(F)c1NCCN1CCNC1=O. The van der Waals surface area contributed by atoms with Crippen molar-refractivity contribution >= 4 is 11.7 Å². The van der Waals surface area contributed by atoms with E-state index in [0.717, 1.165) is 12.1 Å². The van der Waals surface area contributed by atoms with Crippen molar-refractivity contribution in [3.8, 4) is 0 Å². The predicted molar refractivity (Wildman–Crippen MR) is 64.6 cm³/mol. The van der Waals surface area contributed by atoms with Crippen molar-refractivity contribution < 1.29 is 9.18 Å². The van der Waals surface area contributed by atoms with E-state index in [2.05, 4.69) is 10.6 Å². The highest BCUT2D eigenvalue weighted by molar-refractivity contribution is 5.76. The summed E-state index contributed by atoms with van der Waals surface area (Å²) in [5.74, 6) is -0.254. The summed E-state index contributed by atoms with van der Waals surface area (Å²) in [5, 5.41) is 5.76. The van der Waals surface area contributed by atoms with Gasteiger partial charge in [-0.05, 0) is 18.6 Å². The van der Waals surface area contributed by atoms with E-state index in [1.54, 1.807) is 11.0 Å². The standard InChI is InChI=1S/C12H16FN3O/c1-9-3-2-4-10(13)11(9)14-5-7-16-8-6-15-12(16)17/h2-4,14H,5-8H2,1H3,(H,15,17). The van der Waals surface area contributed by atoms with E-state index in [9.17, 15) is 9.18 Å². The van der Waals surface area contributed by atoms with Crippen LogP contribution >= 0.6 is 0 Å². The van der Waals surface area contributed by atoms with Crippen LogP contribution in [0.25, 0.3) is 0 Å². The average Bonchev–Trinajstić information content (AvgIpc) is 2.69. The van der Waals surface area contributed by atoms with Crippen molar-refractivity contribution in [1.82, 2.24) is 10.2 Å². The number of hydrogen-bond acceptors (Lipinski definition) is 2. The maximum atomic E-state index is 13.5. The van der Waals surface area contributed by atoms with E-state index in [1.165, 1.54) is 6.07 Å². The molecular weight excluding hydrogens is 221 g/mol. The smallest absolute Gasteiger partial charge is 0.317 e. The quantitative estimate of drug-likeness (QED) is 0.835. The van der Waals surface area contributed by atoms with E-state index >= 15 is 0 Å². The van der Waals surface area contributed by atoms with Gasteiger partial charge in [0.1, 0.15) is 5.82 Å². The van der Waals surface area contributed by atoms with Crippen LogP contribution < -0.4 is 10.6 Å². The number of nitrogens with one attached hydrogen (secondary N) is 2. The van der Waals surface area contributed by atoms with E-state index in [-0.39, 0.29) is 11.8 Å². The van der Waals surface area contributed by atoms with Crippen LogP contribution in [0, 0.1) is 12.7 Å². The Balaban J connectivity index is 1.88. The van der Waals surface area contributed by atoms with Crippen LogP contribution in [0.3, 0.4) is 0 Å². The van der Waals surface area contributed by atoms with Crippen LogP contribution in [-0.2, 0) is 0 Å². The molecule has 2 amide bonds. The summed E-state index contributed by atoms with van der Waals surface area (Å²) < 4.78 is 13.5. The van der Waals surface area contributed by atoms with Gasteiger partial charge >= 0.3 is 6.03 Å². The van der Waals surface area contributed by atoms with Gasteiger partial charge in [-0.3, -0.25) is 0 Å². The van der Waals surface area contributed by atoms with E-state index in [0.29, 0.717) is 25.3 Å². The fraction of sp³-hybridized carbons (Fsp3) is 0.417. The van der Waals surface area contributed by atoms with Gasteiger partial charge in [-0.25, -0.2) is 9.18 Å². The number of nitrogens with zero attached hydrogens (tertiary/aromatic N) is 1. The molecule has 92 valence electrons. The van der Waals surface area contributed by atoms with Crippen molar-refractivity contribution in [2.24, 2.45) is 0 Å². The molecule has 0 atom stereocenters. The molecule has 1 saturated heterocycles. The molecule has 0 radical (unpaired) electrons. The van der Waals surface area contributed by atoms with Crippen LogP contribution in [0.1, 0.15) is 5.56 Å². The molecule has 0 saturated carbocycles. The van der Waals surface area contributed by atoms with Gasteiger partial charge in [0.15, 0.2) is 0 Å². The van der Waals surface area contributed by atoms with Crippen molar-refractivity contribution in [2.75, 3.05) is 31.5 Å². The van der Waals surface area contributed by atoms with Crippen molar-refractivity contribution in [2.45, 2.75) is 6.92 Å². The lowest BCUT2D eigenvalue weighted by atomic mass is 10.2. The Labute approximate surface area is 99.8 Å². The fourth-order valence-corrected chi connectivity index (χ4v) is 1.90. The molecule has 2 N–H and O–H groups in total. The van der Waals surface area contributed by atoms with Crippen LogP contribution in [0.5, 0.6) is 0 Å². The summed E-state index contributed by atoms with van der Waals surface area (Å²) in [7, 11) is 0. The normalized spacial score (nSPS) is 14.9. The molecular formula is C12H16FN3O. The molecule has 0 unspecified atom stereocenters. The third-order valence-corrected chi connectivity index (χ3v) is 2.85. The highest BCUT2D eigenvalue weighted by atomic mass is 19.1. The zero-order valence-electron chi connectivity index (χ0n) is 9.79. The topological polar surface area (TPSA) is 44.4 Å². The first kappa shape index (κ1) is 11.7. The second-order valence-electron chi connectivity index (χ2n) is 4.08. The van der Waals surface area contributed by atoms with Crippen molar-refractivity contribution in [3.63, 3.8) is 0 Å². The molecule has 1 aliphatic heterocycles. The number of carbonyl (C=O) groups excluding carboxylic acids is 1. The zero-order chi connectivity index (χ0) is 12.3. The largest absolute Gasteiger partial charge is 0.381 e. The first-order valence-corrected chi connectivity index (χ1v) is 5.70. The minimum Gasteiger partial charge on any atom is -0.381 e. The van der Waals surface area contributed by atoms with Crippen LogP contribution in [0.4, 0.5) is 14.9 Å². The number of rotatable bonds is 4. The molecule has 4 nitrogen and oxygen atoms in total. The zero-order valence-corrected chi connectivity index (χ0v) is 9.79. The summed E-state index contributed by atoms with van der Waals surface area (Å²) in [6.07, 6.45) is 0. The second-order valence-corrected chi connectivity index (χ2v) is 4.08. The number of hydrogen-bond donors (Lipinski definition) is 2. The first-order chi connectivity index (χ1) is 8.18. The van der Waals surface area contributed by atoms with Crippen molar-refractivity contribution in [3.05, 3.63) is 29.6 Å². The third-order valence-electron chi connectivity index (χ3n) is 2.85. The maximum absolute atomic E-state index is 13.5. The monoisotopic (exact) mass is 237 g/mol. The molecule has 2 rings (SSSR count). The summed E-state index contributed by atoms with van der Waals surface area (Å²) in [5.41, 5.74) is 1.39. The van der Waals surface area contributed by atoms with E-state index in [4.69, 9.17) is 0 Å². The Kier molecular flexibility index (Phi) is 3.46. The van der Waals surface area contributed by atoms with Gasteiger partial charge in [-0.15, -0.1) is 0 Å². The van der Waals surface area contributed by atoms with E-state index < -0.39 is 0 Å². The van der Waals surface area contributed by atoms with Crippen LogP contribution in [0.2, 0.25) is 0 Å². The summed E-state index contributed by atoms with van der Waals surface area (Å²) >= 11 is 0. The molecule has 17 heavy (non-hydrogen) atoms. The van der Waals surface area contributed by atoms with Gasteiger partial charge in [0, 0.05) is 26.2 Å². The van der Waals surface area contributed by atoms with Gasteiger partial charge in [-0.1, -0.05) is 12.1 Å². The highest BCUT2D eigenvalue weighted by Crippen LogP contribution is 2.18. The Morgan fingerprint density at radius 1 is 1.53 bits per heavy atom. The lowest BCUT2D eigenvalue weighted by Crippen LogP contribution is -2.32. The average molecular weight is 237 g/mol. The Hall–Kier alpha value is -1.78. The van der Waals surface area contributed by atoms with E-state index in [1.807, 2.05) is 13.0 Å². The highest BCUT2D eigenvalue weighted by Gasteiger charge is 2.18. The number of benzene rings is 1. The molecule has 1 aromatic carbocycles. The molecule has 0 aliphatic carbocycles. The number of urea groups is 1. The number of halogens is 1. The van der Waals surface area contributed by atoms with Crippen LogP contribution in [-0.4, -0.2) is 37.1 Å². The van der Waals surface area contributed by atoms with Crippen molar-refractivity contribution in [1.29, 1.82) is 0 Å². The number of amides is 2. The van der Waals surface area contributed by atoms with Gasteiger partial charge < -0.3 is 15.5 Å². The predicted octanol–water partition coefficient (Wildman–Crippen LogP) is 1.57. The van der Waals surface area contributed by atoms with Gasteiger partial charge in [0.2, 0.25) is 0 Å². The molecule has 5 heteroatoms. The van der Waals surface area contributed by atoms with Crippen LogP contribution in [0.15, 0.2) is 18.2 Å².